The zero-order valence-corrected chi connectivity index (χ0v) is 18.0. The summed E-state index contributed by atoms with van der Waals surface area (Å²) in [5.41, 5.74) is 0.744. The lowest BCUT2D eigenvalue weighted by molar-refractivity contribution is -0.125. The lowest BCUT2D eigenvalue weighted by Crippen LogP contribution is -2.47. The second-order valence-electron chi connectivity index (χ2n) is 7.59. The van der Waals surface area contributed by atoms with Crippen molar-refractivity contribution in [1.29, 1.82) is 0 Å². The molecule has 2 aliphatic heterocycles. The van der Waals surface area contributed by atoms with E-state index in [2.05, 4.69) is 9.97 Å². The van der Waals surface area contributed by atoms with Gasteiger partial charge in [0.15, 0.2) is 0 Å². The van der Waals surface area contributed by atoms with Crippen LogP contribution in [0.15, 0.2) is 18.5 Å². The van der Waals surface area contributed by atoms with E-state index < -0.39 is 10.2 Å². The van der Waals surface area contributed by atoms with Crippen molar-refractivity contribution in [3.8, 4) is 0 Å². The van der Waals surface area contributed by atoms with Gasteiger partial charge in [0, 0.05) is 77.4 Å². The SMILES string of the molecule is CN(C)c1ncc(C=CC(=O)N2CCCN(S(=O)(=O)N3CCCCC3)CC2)cn1. The monoisotopic (exact) mass is 422 g/mol. The molecule has 1 aromatic heterocycles. The van der Waals surface area contributed by atoms with Gasteiger partial charge in [-0.2, -0.15) is 17.0 Å². The fourth-order valence-corrected chi connectivity index (χ4v) is 5.24. The van der Waals surface area contributed by atoms with E-state index in [1.54, 1.807) is 32.6 Å². The zero-order chi connectivity index (χ0) is 20.9. The smallest absolute Gasteiger partial charge is 0.282 e. The van der Waals surface area contributed by atoms with Crippen LogP contribution in [0.25, 0.3) is 6.08 Å². The predicted octanol–water partition coefficient (Wildman–Crippen LogP) is 0.821. The van der Waals surface area contributed by atoms with E-state index in [4.69, 9.17) is 0 Å². The second-order valence-corrected chi connectivity index (χ2v) is 9.52. The van der Waals surface area contributed by atoms with Crippen molar-refractivity contribution in [3.63, 3.8) is 0 Å². The average Bonchev–Trinajstić information content (AvgIpc) is 3.00. The van der Waals surface area contributed by atoms with Crippen LogP contribution in [0.5, 0.6) is 0 Å². The van der Waals surface area contributed by atoms with Crippen molar-refractivity contribution in [2.75, 3.05) is 58.3 Å². The summed E-state index contributed by atoms with van der Waals surface area (Å²) in [4.78, 5) is 24.5. The van der Waals surface area contributed by atoms with Gasteiger partial charge in [-0.25, -0.2) is 9.97 Å². The highest BCUT2D eigenvalue weighted by atomic mass is 32.2. The lowest BCUT2D eigenvalue weighted by atomic mass is 10.2. The third-order valence-electron chi connectivity index (χ3n) is 5.21. The summed E-state index contributed by atoms with van der Waals surface area (Å²) >= 11 is 0. The minimum atomic E-state index is -3.43. The Morgan fingerprint density at radius 3 is 2.21 bits per heavy atom. The Bertz CT molecular complexity index is 819. The number of piperidine rings is 1. The average molecular weight is 423 g/mol. The van der Waals surface area contributed by atoms with Crippen LogP contribution in [0.3, 0.4) is 0 Å². The Hall–Kier alpha value is -2.04. The Kier molecular flexibility index (Phi) is 7.20. The summed E-state index contributed by atoms with van der Waals surface area (Å²) in [6.07, 6.45) is 10.1. The predicted molar refractivity (Wildman–Crippen MR) is 113 cm³/mol. The minimum absolute atomic E-state index is 0.126. The fraction of sp³-hybridized carbons (Fsp3) is 0.632. The molecule has 1 aromatic rings. The summed E-state index contributed by atoms with van der Waals surface area (Å²) in [6.45, 7) is 2.92. The first-order valence-corrected chi connectivity index (χ1v) is 11.5. The highest BCUT2D eigenvalue weighted by Gasteiger charge is 2.32. The molecule has 0 spiro atoms. The van der Waals surface area contributed by atoms with Gasteiger partial charge in [0.05, 0.1) is 0 Å². The summed E-state index contributed by atoms with van der Waals surface area (Å²) in [7, 11) is 0.293. The topological polar surface area (TPSA) is 90.0 Å². The van der Waals surface area contributed by atoms with Gasteiger partial charge < -0.3 is 9.80 Å². The molecule has 0 unspecified atom stereocenters. The largest absolute Gasteiger partial charge is 0.347 e. The number of carbonyl (C=O) groups excluding carboxylic acids is 1. The Balaban J connectivity index is 1.57. The maximum absolute atomic E-state index is 12.9. The van der Waals surface area contributed by atoms with Crippen LogP contribution in [-0.2, 0) is 15.0 Å². The summed E-state index contributed by atoms with van der Waals surface area (Å²) < 4.78 is 28.9. The van der Waals surface area contributed by atoms with E-state index in [9.17, 15) is 13.2 Å². The number of carbonyl (C=O) groups is 1. The van der Waals surface area contributed by atoms with Gasteiger partial charge in [0.25, 0.3) is 10.2 Å². The highest BCUT2D eigenvalue weighted by Crippen LogP contribution is 2.18. The first-order chi connectivity index (χ1) is 13.9. The van der Waals surface area contributed by atoms with E-state index in [-0.39, 0.29) is 5.91 Å². The van der Waals surface area contributed by atoms with E-state index in [1.165, 1.54) is 10.4 Å². The number of hydrogen-bond donors (Lipinski definition) is 0. The van der Waals surface area contributed by atoms with Crippen molar-refractivity contribution >= 4 is 28.1 Å². The van der Waals surface area contributed by atoms with Gasteiger partial charge in [-0.05, 0) is 25.3 Å². The van der Waals surface area contributed by atoms with Gasteiger partial charge in [-0.1, -0.05) is 6.42 Å². The molecule has 3 rings (SSSR count). The molecule has 0 saturated carbocycles. The third kappa shape index (κ3) is 5.52. The van der Waals surface area contributed by atoms with Crippen molar-refractivity contribution in [1.82, 2.24) is 23.5 Å². The van der Waals surface area contributed by atoms with Gasteiger partial charge in [-0.15, -0.1) is 0 Å². The number of nitrogens with zero attached hydrogens (tertiary/aromatic N) is 6. The van der Waals surface area contributed by atoms with E-state index in [0.29, 0.717) is 51.6 Å². The molecule has 0 atom stereocenters. The number of anilines is 1. The van der Waals surface area contributed by atoms with Gasteiger partial charge in [0.2, 0.25) is 11.9 Å². The van der Waals surface area contributed by atoms with Gasteiger partial charge >= 0.3 is 0 Å². The van der Waals surface area contributed by atoms with Crippen molar-refractivity contribution < 1.29 is 13.2 Å². The van der Waals surface area contributed by atoms with E-state index in [0.717, 1.165) is 24.8 Å². The summed E-state index contributed by atoms with van der Waals surface area (Å²) in [5.74, 6) is 0.481. The number of aromatic nitrogens is 2. The molecular weight excluding hydrogens is 392 g/mol. The van der Waals surface area contributed by atoms with Crippen molar-refractivity contribution in [2.24, 2.45) is 0 Å². The van der Waals surface area contributed by atoms with Crippen molar-refractivity contribution in [2.45, 2.75) is 25.7 Å². The molecule has 2 fully saturated rings. The fourth-order valence-electron chi connectivity index (χ4n) is 3.52. The van der Waals surface area contributed by atoms with Crippen LogP contribution in [0, 0.1) is 0 Å². The standard InChI is InChI=1S/C19H30N6O3S/c1-22(2)19-20-15-17(16-21-19)7-8-18(26)23-9-6-12-25(14-13-23)29(27,28)24-10-4-3-5-11-24/h7-8,15-16H,3-6,9-14H2,1-2H3. The number of amides is 1. The second kappa shape index (κ2) is 9.64. The highest BCUT2D eigenvalue weighted by molar-refractivity contribution is 7.86. The molecule has 1 amide bonds. The van der Waals surface area contributed by atoms with Crippen LogP contribution >= 0.6 is 0 Å². The quantitative estimate of drug-likeness (QED) is 0.653. The molecule has 2 aliphatic rings. The van der Waals surface area contributed by atoms with Gasteiger partial charge in [0.1, 0.15) is 0 Å². The molecule has 0 bridgehead atoms. The molecular formula is C19H30N6O3S. The van der Waals surface area contributed by atoms with Crippen LogP contribution in [-0.4, -0.2) is 91.2 Å². The molecule has 9 nitrogen and oxygen atoms in total. The molecule has 0 radical (unpaired) electrons. The van der Waals surface area contributed by atoms with Gasteiger partial charge in [-0.3, -0.25) is 4.79 Å². The first kappa shape index (κ1) is 21.7. The molecule has 0 aliphatic carbocycles. The van der Waals surface area contributed by atoms with Crippen molar-refractivity contribution in [3.05, 3.63) is 24.0 Å². The normalized spacial score (nSPS) is 20.0. The molecule has 3 heterocycles. The molecule has 160 valence electrons. The van der Waals surface area contributed by atoms with E-state index >= 15 is 0 Å². The molecule has 0 N–H and O–H groups in total. The summed E-state index contributed by atoms with van der Waals surface area (Å²) in [6, 6.07) is 0. The summed E-state index contributed by atoms with van der Waals surface area (Å²) in [5, 5.41) is 0. The minimum Gasteiger partial charge on any atom is -0.347 e. The third-order valence-corrected chi connectivity index (χ3v) is 7.25. The molecule has 2 saturated heterocycles. The van der Waals surface area contributed by atoms with Crippen LogP contribution < -0.4 is 4.90 Å². The Labute approximate surface area is 173 Å². The maximum atomic E-state index is 12.9. The Morgan fingerprint density at radius 1 is 0.931 bits per heavy atom. The molecule has 0 aromatic carbocycles. The number of rotatable bonds is 5. The lowest BCUT2D eigenvalue weighted by Gasteiger charge is -2.31. The van der Waals surface area contributed by atoms with E-state index in [1.807, 2.05) is 14.1 Å². The Morgan fingerprint density at radius 2 is 1.55 bits per heavy atom. The first-order valence-electron chi connectivity index (χ1n) is 10.1. The van der Waals surface area contributed by atoms with Crippen LogP contribution in [0.2, 0.25) is 0 Å². The zero-order valence-electron chi connectivity index (χ0n) is 17.2. The number of hydrogen-bond acceptors (Lipinski definition) is 6. The molecule has 29 heavy (non-hydrogen) atoms. The van der Waals surface area contributed by atoms with Crippen LogP contribution in [0.1, 0.15) is 31.2 Å². The maximum Gasteiger partial charge on any atom is 0.282 e. The molecule has 10 heteroatoms. The van der Waals surface area contributed by atoms with Crippen LogP contribution in [0.4, 0.5) is 5.95 Å².